The molecule has 0 aliphatic heterocycles. The minimum atomic E-state index is 0.0637. The quantitative estimate of drug-likeness (QED) is 0.0849. The Balaban J connectivity index is -0.000000537. The number of benzene rings is 2. The van der Waals surface area contributed by atoms with Gasteiger partial charge in [0.25, 0.3) is 0 Å². The Morgan fingerprint density at radius 1 is 0.446 bits per heavy atom. The van der Waals surface area contributed by atoms with Crippen molar-refractivity contribution >= 4 is 129 Å². The molecular formula is C77H166N16Si8. The van der Waals surface area contributed by atoms with Gasteiger partial charge in [0, 0.05) is 232 Å². The molecule has 16 nitrogen and oxygen atoms in total. The smallest absolute Gasteiger partial charge is 0.131 e. The van der Waals surface area contributed by atoms with E-state index in [0.29, 0.717) is 36.3 Å². The number of aliphatic imine (C=N–C) groups is 8. The lowest BCUT2D eigenvalue weighted by Gasteiger charge is -2.36. The molecule has 0 spiro atoms. The van der Waals surface area contributed by atoms with E-state index < -0.39 is 0 Å². The van der Waals surface area contributed by atoms with Crippen molar-refractivity contribution in [1.82, 2.24) is 39.2 Å². The van der Waals surface area contributed by atoms with Crippen molar-refractivity contribution in [3.63, 3.8) is 0 Å². The Morgan fingerprint density at radius 3 is 1.18 bits per heavy atom. The second kappa shape index (κ2) is 60.1. The molecule has 2 aromatic carbocycles. The summed E-state index contributed by atoms with van der Waals surface area (Å²) in [5, 5.41) is 0. The summed E-state index contributed by atoms with van der Waals surface area (Å²) in [4.78, 5) is 54.9. The molecule has 0 aromatic heterocycles. The van der Waals surface area contributed by atoms with Gasteiger partial charge in [0.15, 0.2) is 0 Å². The molecule has 0 heterocycles. The Morgan fingerprint density at radius 2 is 0.861 bits per heavy atom. The van der Waals surface area contributed by atoms with Crippen LogP contribution in [-0.4, -0.2) is 318 Å². The second-order valence-corrected chi connectivity index (χ2v) is 34.4. The van der Waals surface area contributed by atoms with Gasteiger partial charge in [-0.15, -0.1) is 0 Å². The van der Waals surface area contributed by atoms with Crippen molar-refractivity contribution < 1.29 is 0 Å². The van der Waals surface area contributed by atoms with Gasteiger partial charge in [-0.1, -0.05) is 86.3 Å². The zero-order chi connectivity index (χ0) is 78.6. The Kier molecular flexibility index (Phi) is 61.5. The molecule has 4 rings (SSSR count). The molecule has 0 atom stereocenters. The fraction of sp³-hybridized carbons (Fsp3) is 0.740. The van der Waals surface area contributed by atoms with Gasteiger partial charge in [-0.25, -0.2) is 0 Å². The summed E-state index contributed by atoms with van der Waals surface area (Å²) >= 11 is 0. The van der Waals surface area contributed by atoms with Crippen molar-refractivity contribution in [2.45, 2.75) is 278 Å². The first-order chi connectivity index (χ1) is 47.3. The topological polar surface area (TPSA) is 125 Å². The van der Waals surface area contributed by atoms with Crippen LogP contribution < -0.4 is 0 Å². The molecule has 0 amide bonds. The minimum absolute atomic E-state index is 0.0637. The highest BCUT2D eigenvalue weighted by Crippen LogP contribution is 2.26. The number of rotatable bonds is 20. The molecule has 2 fully saturated rings. The zero-order valence-corrected chi connectivity index (χ0v) is 89.4. The Labute approximate surface area is 650 Å². The van der Waals surface area contributed by atoms with Crippen LogP contribution in [0.5, 0.6) is 0 Å². The van der Waals surface area contributed by atoms with E-state index in [0.717, 1.165) is 71.9 Å². The number of hydrogen-bond donors (Lipinski definition) is 0. The maximum atomic E-state index is 4.96. The maximum absolute atomic E-state index is 4.96. The first-order valence-electron chi connectivity index (χ1n) is 39.6. The second-order valence-electron chi connectivity index (χ2n) is 29.4. The molecule has 101 heavy (non-hydrogen) atoms. The maximum Gasteiger partial charge on any atom is 0.131 e. The normalized spacial score (nSPS) is 14.6. The first kappa shape index (κ1) is 103. The first-order valence-corrected chi connectivity index (χ1v) is 50.9. The molecule has 2 saturated carbocycles. The number of hydrogen-bond acceptors (Lipinski definition) is 8. The van der Waals surface area contributed by atoms with Crippen LogP contribution in [0.15, 0.2) is 101 Å². The summed E-state index contributed by atoms with van der Waals surface area (Å²) in [6.07, 6.45) is 20.5. The van der Waals surface area contributed by atoms with E-state index in [1.807, 2.05) is 39.2 Å². The van der Waals surface area contributed by atoms with Crippen molar-refractivity contribution in [3.05, 3.63) is 71.8 Å². The van der Waals surface area contributed by atoms with Gasteiger partial charge in [0.1, 0.15) is 11.7 Å². The van der Waals surface area contributed by atoms with Gasteiger partial charge < -0.3 is 39.2 Å². The third-order valence-electron chi connectivity index (χ3n) is 17.4. The molecular weight excluding hydrogens is 1370 g/mol. The minimum Gasteiger partial charge on any atom is -0.368 e. The van der Waals surface area contributed by atoms with E-state index in [9.17, 15) is 0 Å². The lowest BCUT2D eigenvalue weighted by Crippen LogP contribution is -2.45. The highest BCUT2D eigenvalue weighted by Gasteiger charge is 2.24. The molecule has 0 bridgehead atoms. The largest absolute Gasteiger partial charge is 0.368 e. The van der Waals surface area contributed by atoms with E-state index in [1.54, 1.807) is 0 Å². The predicted octanol–water partition coefficient (Wildman–Crippen LogP) is 6.40. The lowest BCUT2D eigenvalue weighted by atomic mass is 10.1. The van der Waals surface area contributed by atoms with E-state index >= 15 is 0 Å². The van der Waals surface area contributed by atoms with Crippen molar-refractivity contribution in [3.8, 4) is 0 Å². The van der Waals surface area contributed by atoms with Gasteiger partial charge in [0.05, 0.1) is 46.6 Å². The van der Waals surface area contributed by atoms with Crippen LogP contribution >= 0.6 is 0 Å². The molecule has 0 radical (unpaired) electrons. The van der Waals surface area contributed by atoms with Gasteiger partial charge >= 0.3 is 0 Å². The third-order valence-corrected chi connectivity index (χ3v) is 23.5. The molecule has 0 saturated heterocycles. The molecule has 586 valence electrons. The van der Waals surface area contributed by atoms with E-state index in [2.05, 4.69) is 292 Å². The average molecular weight is 1540 g/mol. The molecule has 2 aromatic rings. The molecule has 24 heteroatoms. The van der Waals surface area contributed by atoms with Gasteiger partial charge in [0.2, 0.25) is 0 Å². The van der Waals surface area contributed by atoms with E-state index in [1.165, 1.54) is 194 Å². The van der Waals surface area contributed by atoms with Crippen LogP contribution in [0.2, 0.25) is 0 Å². The zero-order valence-electron chi connectivity index (χ0n) is 73.4. The Hall–Kier alpha value is -4.06. The van der Waals surface area contributed by atoms with Crippen molar-refractivity contribution in [1.29, 1.82) is 0 Å². The summed E-state index contributed by atoms with van der Waals surface area (Å²) in [5.41, 5.74) is 2.70. The van der Waals surface area contributed by atoms with Crippen LogP contribution in [0.4, 0.5) is 0 Å². The predicted molar refractivity (Wildman–Crippen MR) is 493 cm³/mol. The van der Waals surface area contributed by atoms with Crippen LogP contribution in [0.25, 0.3) is 0 Å². The summed E-state index contributed by atoms with van der Waals surface area (Å²) < 4.78 is 0. The summed E-state index contributed by atoms with van der Waals surface area (Å²) in [6.45, 7) is 57.0. The molecule has 2 aliphatic rings. The highest BCUT2D eigenvalue weighted by atomic mass is 28.2. The van der Waals surface area contributed by atoms with Crippen LogP contribution in [-0.2, 0) is 0 Å². The van der Waals surface area contributed by atoms with Crippen LogP contribution in [0.1, 0.15) is 236 Å². The standard InChI is InChI=1S/C14H24N2Si.C13H26N2Si.C10H16N2Si.C10H24N2Si.2C9H22N2Si.C7H18N2Si.C5H14N2Si/c1-11(2)15-14(16(10-17)12(3)4)13-8-6-5-7-9-13;1-11(14-12-6-2-3-7-12)15(10-16)13-8-4-5-9-13;1-11-10(12(2)8-13)9-6-4-3-5-7-9;1-8(2)11-9(3)12(7-13)10(4,5)6;1-7(2)10-9(5)11(6-12)8(3)4;1-6-11(7-12)8(2)10-9(3,4)5;1-4-8-7(3)9(5-2)6-10;1-5(6-2)7(3)4-8/h5-9,11-12H,10H2,1-4,17H3;12-13H,2-10H2,1,16H3;3-7H,8H2,1-2,13H3;8H,7H2,1-6,13H3;7-8H,6H2,1-5,12H3;6-7H2,1-5,12H3;4-6H2,1-3,10H3;4H2,1-3,8H3. The fourth-order valence-corrected chi connectivity index (χ4v) is 19.4. The van der Waals surface area contributed by atoms with Gasteiger partial charge in [-0.2, -0.15) is 0 Å². The molecule has 0 unspecified atom stereocenters. The summed E-state index contributed by atoms with van der Waals surface area (Å²) in [6, 6.07) is 24.5. The molecule has 0 N–H and O–H groups in total. The van der Waals surface area contributed by atoms with Crippen LogP contribution in [0.3, 0.4) is 0 Å². The SMILES string of the molecule is CC(=NC(C)C)N(C[SiH3])C(C)(C)C.CC(=NC(C)C)N(C[SiH3])C(C)C.CC(=NC1CCCC1)N(C[SiH3])C1CCCC1.CC(C)N=C(c1ccccc1)N(C[SiH3])C(C)C.CCN(C[SiH3])C(C)=NC(C)(C)C.CCN=C(C)N(CC)C[SiH3].CN=C(C)N(C)C[SiH3].CN=C(c1ccccc1)N(C)C[SiH3]. The van der Waals surface area contributed by atoms with E-state index in [4.69, 9.17) is 9.98 Å². The number of amidine groups is 8. The van der Waals surface area contributed by atoms with Gasteiger partial charge in [-0.3, -0.25) is 39.9 Å². The monoisotopic (exact) mass is 1540 g/mol. The van der Waals surface area contributed by atoms with Gasteiger partial charge in [-0.05, 0) is 199 Å². The molecule has 2 aliphatic carbocycles. The average Bonchev–Trinajstić information content (AvgIpc) is 1.47. The summed E-state index contributed by atoms with van der Waals surface area (Å²) in [7, 11) is 17.5. The lowest BCUT2D eigenvalue weighted by molar-refractivity contribution is 0.266. The van der Waals surface area contributed by atoms with Crippen molar-refractivity contribution in [2.24, 2.45) is 39.9 Å². The number of nitrogens with zero attached hydrogens (tertiary/aromatic N) is 16. The highest BCUT2D eigenvalue weighted by molar-refractivity contribution is 6.13. The van der Waals surface area contributed by atoms with Crippen LogP contribution in [0, 0.1) is 0 Å². The summed E-state index contributed by atoms with van der Waals surface area (Å²) in [5.74, 6) is 9.43. The Bertz CT molecular complexity index is 2600. The van der Waals surface area contributed by atoms with Crippen molar-refractivity contribution in [2.75, 3.05) is 97.2 Å². The van der Waals surface area contributed by atoms with E-state index in [-0.39, 0.29) is 11.1 Å². The third kappa shape index (κ3) is 48.6. The fourth-order valence-electron chi connectivity index (χ4n) is 12.2.